The standard InChI is InChI=1S/C14H26N2O3/c1-10(2)13(19)16-7-5-11(6-8-16)12(18)15-14(3,4)9-17/h10-11,17H,5-9H2,1-4H3,(H,15,18). The van der Waals surface area contributed by atoms with Crippen LogP contribution in [0.5, 0.6) is 0 Å². The minimum absolute atomic E-state index is 0.0127. The first-order valence-corrected chi connectivity index (χ1v) is 6.98. The molecule has 19 heavy (non-hydrogen) atoms. The lowest BCUT2D eigenvalue weighted by molar-refractivity contribution is -0.138. The Morgan fingerprint density at radius 2 is 1.84 bits per heavy atom. The average Bonchev–Trinajstić information content (AvgIpc) is 2.37. The molecule has 2 N–H and O–H groups in total. The van der Waals surface area contributed by atoms with E-state index >= 15 is 0 Å². The number of aliphatic hydroxyl groups excluding tert-OH is 1. The van der Waals surface area contributed by atoms with E-state index in [1.165, 1.54) is 0 Å². The minimum atomic E-state index is -0.581. The van der Waals surface area contributed by atoms with Crippen LogP contribution in [0.4, 0.5) is 0 Å². The Bertz CT molecular complexity index is 332. The second-order valence-corrected chi connectivity index (χ2v) is 6.29. The van der Waals surface area contributed by atoms with Crippen LogP contribution < -0.4 is 5.32 Å². The van der Waals surface area contributed by atoms with Gasteiger partial charge in [0.25, 0.3) is 0 Å². The lowest BCUT2D eigenvalue weighted by Gasteiger charge is -2.34. The van der Waals surface area contributed by atoms with Crippen LogP contribution in [0.1, 0.15) is 40.5 Å². The second-order valence-electron chi connectivity index (χ2n) is 6.29. The molecule has 5 nitrogen and oxygen atoms in total. The third-order valence-corrected chi connectivity index (χ3v) is 3.53. The number of rotatable bonds is 4. The van der Waals surface area contributed by atoms with Gasteiger partial charge in [-0.3, -0.25) is 9.59 Å². The Morgan fingerprint density at radius 1 is 1.32 bits per heavy atom. The molecule has 0 radical (unpaired) electrons. The molecule has 0 aromatic rings. The monoisotopic (exact) mass is 270 g/mol. The fraction of sp³-hybridized carbons (Fsp3) is 0.857. The molecule has 0 bridgehead atoms. The topological polar surface area (TPSA) is 69.6 Å². The summed E-state index contributed by atoms with van der Waals surface area (Å²) in [6, 6.07) is 0. The highest BCUT2D eigenvalue weighted by atomic mass is 16.3. The summed E-state index contributed by atoms with van der Waals surface area (Å²) in [7, 11) is 0. The summed E-state index contributed by atoms with van der Waals surface area (Å²) in [6.07, 6.45) is 1.40. The smallest absolute Gasteiger partial charge is 0.225 e. The van der Waals surface area contributed by atoms with Gasteiger partial charge in [0.05, 0.1) is 12.1 Å². The summed E-state index contributed by atoms with van der Waals surface area (Å²) in [4.78, 5) is 25.7. The molecule has 1 fully saturated rings. The first kappa shape index (κ1) is 16.0. The number of piperidine rings is 1. The first-order chi connectivity index (χ1) is 8.76. The summed E-state index contributed by atoms with van der Waals surface area (Å²) in [5.74, 6) is 0.103. The predicted octanol–water partition coefficient (Wildman–Crippen LogP) is 0.768. The summed E-state index contributed by atoms with van der Waals surface area (Å²) in [5, 5.41) is 12.0. The van der Waals surface area contributed by atoms with Gasteiger partial charge in [-0.2, -0.15) is 0 Å². The molecule has 0 atom stereocenters. The largest absolute Gasteiger partial charge is 0.394 e. The second kappa shape index (κ2) is 6.37. The van der Waals surface area contributed by atoms with Crippen molar-refractivity contribution in [2.45, 2.75) is 46.1 Å². The number of hydrogen-bond donors (Lipinski definition) is 2. The molecular weight excluding hydrogens is 244 g/mol. The number of aliphatic hydroxyl groups is 1. The number of nitrogens with one attached hydrogen (secondary N) is 1. The van der Waals surface area contributed by atoms with Gasteiger partial charge in [0.15, 0.2) is 0 Å². The van der Waals surface area contributed by atoms with Crippen molar-refractivity contribution in [1.29, 1.82) is 0 Å². The van der Waals surface area contributed by atoms with Crippen molar-refractivity contribution in [3.8, 4) is 0 Å². The van der Waals surface area contributed by atoms with E-state index in [0.29, 0.717) is 25.9 Å². The maximum atomic E-state index is 12.1. The number of amides is 2. The maximum absolute atomic E-state index is 12.1. The molecule has 0 aliphatic carbocycles. The van der Waals surface area contributed by atoms with Gasteiger partial charge in [0, 0.05) is 24.9 Å². The molecule has 1 saturated heterocycles. The van der Waals surface area contributed by atoms with Crippen molar-refractivity contribution in [3.05, 3.63) is 0 Å². The number of nitrogens with zero attached hydrogens (tertiary/aromatic N) is 1. The van der Waals surface area contributed by atoms with Gasteiger partial charge in [0.1, 0.15) is 0 Å². The van der Waals surface area contributed by atoms with E-state index in [4.69, 9.17) is 5.11 Å². The fourth-order valence-electron chi connectivity index (χ4n) is 2.20. The molecule has 110 valence electrons. The minimum Gasteiger partial charge on any atom is -0.394 e. The zero-order valence-corrected chi connectivity index (χ0v) is 12.4. The molecule has 0 aromatic heterocycles. The molecule has 1 heterocycles. The van der Waals surface area contributed by atoms with Gasteiger partial charge >= 0.3 is 0 Å². The van der Waals surface area contributed by atoms with Gasteiger partial charge in [-0.05, 0) is 26.7 Å². The molecule has 1 aliphatic rings. The highest BCUT2D eigenvalue weighted by molar-refractivity contribution is 5.81. The number of hydrogen-bond acceptors (Lipinski definition) is 3. The van der Waals surface area contributed by atoms with E-state index in [9.17, 15) is 9.59 Å². The first-order valence-electron chi connectivity index (χ1n) is 6.98. The van der Waals surface area contributed by atoms with E-state index in [1.54, 1.807) is 13.8 Å². The molecule has 0 saturated carbocycles. The summed E-state index contributed by atoms with van der Waals surface area (Å²) in [6.45, 7) is 8.59. The molecule has 5 heteroatoms. The quantitative estimate of drug-likeness (QED) is 0.792. The van der Waals surface area contributed by atoms with Crippen LogP contribution in [0.2, 0.25) is 0 Å². The van der Waals surface area contributed by atoms with E-state index in [2.05, 4.69) is 5.32 Å². The number of carbonyl (C=O) groups is 2. The molecule has 2 amide bonds. The van der Waals surface area contributed by atoms with Gasteiger partial charge < -0.3 is 15.3 Å². The molecular formula is C14H26N2O3. The fourth-order valence-corrected chi connectivity index (χ4v) is 2.20. The van der Waals surface area contributed by atoms with E-state index < -0.39 is 5.54 Å². The molecule has 1 aliphatic heterocycles. The lowest BCUT2D eigenvalue weighted by Crippen LogP contribution is -2.51. The Morgan fingerprint density at radius 3 is 2.26 bits per heavy atom. The van der Waals surface area contributed by atoms with Crippen molar-refractivity contribution in [2.75, 3.05) is 19.7 Å². The summed E-state index contributed by atoms with van der Waals surface area (Å²) in [5.41, 5.74) is -0.581. The van der Waals surface area contributed by atoms with Crippen LogP contribution in [0.25, 0.3) is 0 Å². The van der Waals surface area contributed by atoms with Crippen molar-refractivity contribution >= 4 is 11.8 Å². The number of likely N-dealkylation sites (tertiary alicyclic amines) is 1. The Labute approximate surface area is 115 Å². The predicted molar refractivity (Wildman–Crippen MR) is 73.4 cm³/mol. The van der Waals surface area contributed by atoms with Crippen molar-refractivity contribution in [3.63, 3.8) is 0 Å². The van der Waals surface area contributed by atoms with Crippen LogP contribution >= 0.6 is 0 Å². The van der Waals surface area contributed by atoms with Gasteiger partial charge in [-0.1, -0.05) is 13.8 Å². The molecule has 1 rings (SSSR count). The van der Waals surface area contributed by atoms with Crippen LogP contribution in [0.15, 0.2) is 0 Å². The van der Waals surface area contributed by atoms with Crippen LogP contribution in [0.3, 0.4) is 0 Å². The molecule has 0 aromatic carbocycles. The Hall–Kier alpha value is -1.10. The maximum Gasteiger partial charge on any atom is 0.225 e. The van der Waals surface area contributed by atoms with Crippen LogP contribution in [-0.4, -0.2) is 47.1 Å². The van der Waals surface area contributed by atoms with Gasteiger partial charge in [-0.15, -0.1) is 0 Å². The molecule has 0 spiro atoms. The third-order valence-electron chi connectivity index (χ3n) is 3.53. The van der Waals surface area contributed by atoms with Crippen molar-refractivity contribution in [2.24, 2.45) is 11.8 Å². The normalized spacial score (nSPS) is 17.7. The zero-order chi connectivity index (χ0) is 14.6. The van der Waals surface area contributed by atoms with Crippen molar-refractivity contribution < 1.29 is 14.7 Å². The Kier molecular flexibility index (Phi) is 5.35. The number of carbonyl (C=O) groups excluding carboxylic acids is 2. The lowest BCUT2D eigenvalue weighted by atomic mass is 9.93. The van der Waals surface area contributed by atoms with Crippen LogP contribution in [0, 0.1) is 11.8 Å². The van der Waals surface area contributed by atoms with Crippen molar-refractivity contribution in [1.82, 2.24) is 10.2 Å². The zero-order valence-electron chi connectivity index (χ0n) is 12.4. The highest BCUT2D eigenvalue weighted by Crippen LogP contribution is 2.19. The van der Waals surface area contributed by atoms with Crippen LogP contribution in [-0.2, 0) is 9.59 Å². The van der Waals surface area contributed by atoms with Gasteiger partial charge in [0.2, 0.25) is 11.8 Å². The average molecular weight is 270 g/mol. The Balaban J connectivity index is 2.46. The SMILES string of the molecule is CC(C)C(=O)N1CCC(C(=O)NC(C)(C)CO)CC1. The van der Waals surface area contributed by atoms with E-state index in [0.717, 1.165) is 0 Å². The molecule has 0 unspecified atom stereocenters. The summed E-state index contributed by atoms with van der Waals surface area (Å²) >= 11 is 0. The summed E-state index contributed by atoms with van der Waals surface area (Å²) < 4.78 is 0. The highest BCUT2D eigenvalue weighted by Gasteiger charge is 2.30. The third kappa shape index (κ3) is 4.49. The van der Waals surface area contributed by atoms with Gasteiger partial charge in [-0.25, -0.2) is 0 Å². The van der Waals surface area contributed by atoms with E-state index in [1.807, 2.05) is 18.7 Å². The van der Waals surface area contributed by atoms with E-state index in [-0.39, 0.29) is 30.3 Å².